The molecule has 1 nitrogen and oxygen atoms in total. The molecule has 0 spiro atoms. The zero-order chi connectivity index (χ0) is 12.5. The van der Waals surface area contributed by atoms with Gasteiger partial charge in [0.15, 0.2) is 0 Å². The Balaban J connectivity index is 2.33. The summed E-state index contributed by atoms with van der Waals surface area (Å²) in [6.07, 6.45) is 3.28. The van der Waals surface area contributed by atoms with Gasteiger partial charge in [-0.05, 0) is 42.9 Å². The van der Waals surface area contributed by atoms with Gasteiger partial charge in [0.05, 0.1) is 0 Å². The maximum Gasteiger partial charge on any atom is 0.0469 e. The van der Waals surface area contributed by atoms with Crippen LogP contribution in [0.1, 0.15) is 25.3 Å². The van der Waals surface area contributed by atoms with Crippen molar-refractivity contribution in [1.82, 2.24) is 0 Å². The van der Waals surface area contributed by atoms with Gasteiger partial charge in [-0.2, -0.15) is 0 Å². The minimum atomic E-state index is 0.632. The van der Waals surface area contributed by atoms with Gasteiger partial charge in [0, 0.05) is 23.6 Å². The van der Waals surface area contributed by atoms with Crippen molar-refractivity contribution in [3.63, 3.8) is 0 Å². The number of ether oxygens (including phenoxy) is 1. The summed E-state index contributed by atoms with van der Waals surface area (Å²) in [6, 6.07) is 8.11. The van der Waals surface area contributed by atoms with Crippen LogP contribution in [0.15, 0.2) is 24.3 Å². The van der Waals surface area contributed by atoms with E-state index in [1.165, 1.54) is 5.56 Å². The summed E-state index contributed by atoms with van der Waals surface area (Å²) in [5.41, 5.74) is 1.34. The molecule has 3 heteroatoms. The molecule has 0 N–H and O–H groups in total. The molecule has 1 atom stereocenters. The molecule has 0 aliphatic rings. The monoisotopic (exact) mass is 318 g/mol. The van der Waals surface area contributed by atoms with Crippen LogP contribution >= 0.6 is 27.5 Å². The van der Waals surface area contributed by atoms with Crippen molar-refractivity contribution >= 4 is 27.5 Å². The predicted octanol–water partition coefficient (Wildman–Crippen LogP) is 4.71. The molecular formula is C14H20BrClO. The lowest BCUT2D eigenvalue weighted by Gasteiger charge is -2.14. The lowest BCUT2D eigenvalue weighted by molar-refractivity contribution is 0.123. The first-order chi connectivity index (χ1) is 8.26. The van der Waals surface area contributed by atoms with Gasteiger partial charge >= 0.3 is 0 Å². The van der Waals surface area contributed by atoms with Gasteiger partial charge in [0.25, 0.3) is 0 Å². The van der Waals surface area contributed by atoms with Crippen LogP contribution in [0, 0.1) is 5.92 Å². The zero-order valence-electron chi connectivity index (χ0n) is 10.3. The van der Waals surface area contributed by atoms with Crippen LogP contribution in [0.3, 0.4) is 0 Å². The number of alkyl halides is 1. The zero-order valence-corrected chi connectivity index (χ0v) is 12.6. The van der Waals surface area contributed by atoms with Crippen molar-refractivity contribution in [2.24, 2.45) is 5.92 Å². The van der Waals surface area contributed by atoms with E-state index in [-0.39, 0.29) is 0 Å². The van der Waals surface area contributed by atoms with Crippen molar-refractivity contribution in [2.75, 3.05) is 18.5 Å². The van der Waals surface area contributed by atoms with Gasteiger partial charge in [0.2, 0.25) is 0 Å². The third-order valence-electron chi connectivity index (χ3n) is 2.67. The second kappa shape index (κ2) is 8.96. The highest BCUT2D eigenvalue weighted by Crippen LogP contribution is 2.17. The number of hydrogen-bond acceptors (Lipinski definition) is 1. The summed E-state index contributed by atoms with van der Waals surface area (Å²) < 4.78 is 5.53. The second-order valence-corrected chi connectivity index (χ2v) is 5.34. The van der Waals surface area contributed by atoms with Crippen LogP contribution in [-0.4, -0.2) is 18.5 Å². The van der Waals surface area contributed by atoms with E-state index in [0.29, 0.717) is 5.92 Å². The molecular weight excluding hydrogens is 300 g/mol. The van der Waals surface area contributed by atoms with E-state index in [2.05, 4.69) is 35.0 Å². The highest BCUT2D eigenvalue weighted by molar-refractivity contribution is 9.09. The van der Waals surface area contributed by atoms with E-state index in [4.69, 9.17) is 16.3 Å². The maximum atomic E-state index is 5.87. The fraction of sp³-hybridized carbons (Fsp3) is 0.571. The van der Waals surface area contributed by atoms with E-state index in [1.807, 2.05) is 12.1 Å². The molecule has 1 rings (SSSR count). The van der Waals surface area contributed by atoms with Crippen molar-refractivity contribution in [1.29, 1.82) is 0 Å². The number of hydrogen-bond donors (Lipinski definition) is 0. The van der Waals surface area contributed by atoms with Crippen LogP contribution in [0.4, 0.5) is 0 Å². The van der Waals surface area contributed by atoms with Crippen molar-refractivity contribution in [3.05, 3.63) is 34.9 Å². The van der Waals surface area contributed by atoms with Gasteiger partial charge in [-0.1, -0.05) is 46.6 Å². The van der Waals surface area contributed by atoms with Crippen LogP contribution in [-0.2, 0) is 11.2 Å². The topological polar surface area (TPSA) is 9.23 Å². The molecule has 0 radical (unpaired) electrons. The summed E-state index contributed by atoms with van der Waals surface area (Å²) in [7, 11) is 0. The van der Waals surface area contributed by atoms with Gasteiger partial charge in [-0.25, -0.2) is 0 Å². The highest BCUT2D eigenvalue weighted by Gasteiger charge is 2.08. The Morgan fingerprint density at radius 2 is 1.94 bits per heavy atom. The Morgan fingerprint density at radius 1 is 1.24 bits per heavy atom. The van der Waals surface area contributed by atoms with E-state index in [9.17, 15) is 0 Å². The highest BCUT2D eigenvalue weighted by atomic mass is 79.9. The Morgan fingerprint density at radius 3 is 2.53 bits per heavy atom. The van der Waals surface area contributed by atoms with Crippen LogP contribution in [0.5, 0.6) is 0 Å². The van der Waals surface area contributed by atoms with Gasteiger partial charge in [-0.15, -0.1) is 0 Å². The largest absolute Gasteiger partial charge is 0.381 e. The molecule has 1 aromatic rings. The molecule has 0 bridgehead atoms. The van der Waals surface area contributed by atoms with E-state index >= 15 is 0 Å². The summed E-state index contributed by atoms with van der Waals surface area (Å²) in [5.74, 6) is 0.632. The number of halogens is 2. The van der Waals surface area contributed by atoms with Crippen LogP contribution < -0.4 is 0 Å². The third-order valence-corrected chi connectivity index (χ3v) is 3.84. The molecule has 0 amide bonds. The first-order valence-corrected chi connectivity index (χ1v) is 7.64. The third kappa shape index (κ3) is 6.44. The van der Waals surface area contributed by atoms with E-state index in [0.717, 1.165) is 42.8 Å². The van der Waals surface area contributed by atoms with Crippen LogP contribution in [0.25, 0.3) is 0 Å². The molecule has 96 valence electrons. The van der Waals surface area contributed by atoms with Crippen molar-refractivity contribution in [3.8, 4) is 0 Å². The van der Waals surface area contributed by atoms with Crippen LogP contribution in [0.2, 0.25) is 5.02 Å². The molecule has 0 saturated heterocycles. The minimum absolute atomic E-state index is 0.632. The first kappa shape index (κ1) is 15.0. The summed E-state index contributed by atoms with van der Waals surface area (Å²) in [5, 5.41) is 1.82. The lowest BCUT2D eigenvalue weighted by Crippen LogP contribution is -2.10. The van der Waals surface area contributed by atoms with Crippen molar-refractivity contribution < 1.29 is 4.74 Å². The normalized spacial score (nSPS) is 12.6. The fourth-order valence-corrected chi connectivity index (χ4v) is 2.36. The molecule has 1 unspecified atom stereocenters. The fourth-order valence-electron chi connectivity index (χ4n) is 1.68. The average Bonchev–Trinajstić information content (AvgIpc) is 2.35. The van der Waals surface area contributed by atoms with E-state index in [1.54, 1.807) is 0 Å². The minimum Gasteiger partial charge on any atom is -0.381 e. The predicted molar refractivity (Wildman–Crippen MR) is 78.2 cm³/mol. The summed E-state index contributed by atoms with van der Waals surface area (Å²) in [4.78, 5) is 0. The standard InChI is InChI=1S/C14H20BrClO/c1-2-8-17-9-7-13(11-15)10-12-3-5-14(16)6-4-12/h3-6,13H,2,7-11H2,1H3. The lowest BCUT2D eigenvalue weighted by atomic mass is 9.98. The van der Waals surface area contributed by atoms with Gasteiger partial charge in [-0.3, -0.25) is 0 Å². The molecule has 0 aromatic heterocycles. The molecule has 0 heterocycles. The first-order valence-electron chi connectivity index (χ1n) is 6.14. The Bertz CT molecular complexity index is 300. The Kier molecular flexibility index (Phi) is 7.91. The van der Waals surface area contributed by atoms with Crippen molar-refractivity contribution in [2.45, 2.75) is 26.2 Å². The van der Waals surface area contributed by atoms with Gasteiger partial charge < -0.3 is 4.74 Å². The molecule has 17 heavy (non-hydrogen) atoms. The quantitative estimate of drug-likeness (QED) is 0.498. The smallest absolute Gasteiger partial charge is 0.0469 e. The Labute approximate surface area is 118 Å². The summed E-state index contributed by atoms with van der Waals surface area (Å²) in [6.45, 7) is 3.86. The second-order valence-electron chi connectivity index (χ2n) is 4.25. The molecule has 0 aliphatic heterocycles. The maximum absolute atomic E-state index is 5.87. The average molecular weight is 320 g/mol. The Hall–Kier alpha value is -0.0500. The summed E-state index contributed by atoms with van der Waals surface area (Å²) >= 11 is 9.45. The molecule has 1 aromatic carbocycles. The van der Waals surface area contributed by atoms with E-state index < -0.39 is 0 Å². The molecule has 0 aliphatic carbocycles. The molecule has 0 fully saturated rings. The van der Waals surface area contributed by atoms with Gasteiger partial charge in [0.1, 0.15) is 0 Å². The number of benzene rings is 1. The SMILES string of the molecule is CCCOCCC(CBr)Cc1ccc(Cl)cc1. The number of rotatable bonds is 8. The molecule has 0 saturated carbocycles.